The molecule has 2 aliphatic heterocycles. The fourth-order valence-corrected chi connectivity index (χ4v) is 2.79. The lowest BCUT2D eigenvalue weighted by molar-refractivity contribution is 0.538. The largest absolute Gasteiger partial charge is 0.358 e. The fourth-order valence-electron chi connectivity index (χ4n) is 2.79. The van der Waals surface area contributed by atoms with Gasteiger partial charge in [-0.3, -0.25) is 0 Å². The highest BCUT2D eigenvalue weighted by molar-refractivity contribution is 5.90. The van der Waals surface area contributed by atoms with Gasteiger partial charge in [-0.15, -0.1) is 0 Å². The number of benzene rings is 1. The number of para-hydroxylation sites is 1. The molecule has 3 heterocycles. The summed E-state index contributed by atoms with van der Waals surface area (Å²) in [6.45, 7) is 1.00. The molecule has 1 aromatic carbocycles. The Morgan fingerprint density at radius 1 is 1.11 bits per heavy atom. The predicted octanol–water partition coefficient (Wildman–Crippen LogP) is 3.45. The molecule has 2 bridgehead atoms. The standard InChI is InChI=1S/C16H14N2/c1-2-6-15-13(5-1)14-7-9-18-8-3-4-12(11-18)10-16(14)17-15/h1-9,17H,10-11H2. The van der Waals surface area contributed by atoms with Crippen LogP contribution in [0.5, 0.6) is 0 Å². The number of H-pyrrole nitrogens is 1. The molecule has 0 amide bonds. The normalized spacial score (nSPS) is 17.3. The Kier molecular flexibility index (Phi) is 1.97. The number of nitrogens with zero attached hydrogens (tertiary/aromatic N) is 1. The van der Waals surface area contributed by atoms with Crippen LogP contribution in [-0.2, 0) is 6.42 Å². The van der Waals surface area contributed by atoms with E-state index in [1.807, 2.05) is 0 Å². The molecule has 18 heavy (non-hydrogen) atoms. The van der Waals surface area contributed by atoms with Crippen molar-refractivity contribution in [3.8, 4) is 0 Å². The summed E-state index contributed by atoms with van der Waals surface area (Å²) in [4.78, 5) is 5.79. The van der Waals surface area contributed by atoms with Crippen LogP contribution in [0, 0.1) is 0 Å². The molecule has 4 rings (SSSR count). The van der Waals surface area contributed by atoms with Crippen molar-refractivity contribution < 1.29 is 0 Å². The molecule has 0 unspecified atom stereocenters. The molecule has 0 spiro atoms. The fraction of sp³-hybridized carbons (Fsp3) is 0.125. The maximum absolute atomic E-state index is 3.55. The minimum Gasteiger partial charge on any atom is -0.358 e. The number of hydrogen-bond donors (Lipinski definition) is 1. The first kappa shape index (κ1) is 9.77. The Morgan fingerprint density at radius 3 is 3.06 bits per heavy atom. The van der Waals surface area contributed by atoms with E-state index in [1.54, 1.807) is 0 Å². The number of fused-ring (bicyclic) bond motifs is 5. The second kappa shape index (κ2) is 3.64. The summed E-state index contributed by atoms with van der Waals surface area (Å²) in [5, 5.41) is 1.31. The number of aromatic amines is 1. The van der Waals surface area contributed by atoms with Crippen molar-refractivity contribution in [1.82, 2.24) is 9.88 Å². The highest BCUT2D eigenvalue weighted by atomic mass is 15.1. The maximum Gasteiger partial charge on any atom is 0.0462 e. The Labute approximate surface area is 106 Å². The Balaban J connectivity index is 1.96. The average molecular weight is 234 g/mol. The highest BCUT2D eigenvalue weighted by Gasteiger charge is 2.15. The van der Waals surface area contributed by atoms with E-state index in [1.165, 1.54) is 27.7 Å². The highest BCUT2D eigenvalue weighted by Crippen LogP contribution is 2.28. The number of hydrogen-bond acceptors (Lipinski definition) is 1. The topological polar surface area (TPSA) is 19.0 Å². The van der Waals surface area contributed by atoms with Crippen molar-refractivity contribution >= 4 is 17.0 Å². The Hall–Kier alpha value is -2.22. The quantitative estimate of drug-likeness (QED) is 0.739. The van der Waals surface area contributed by atoms with Gasteiger partial charge in [0.1, 0.15) is 0 Å². The lowest BCUT2D eigenvalue weighted by atomic mass is 10.0. The number of nitrogens with one attached hydrogen (secondary N) is 1. The summed E-state index contributed by atoms with van der Waals surface area (Å²) in [6, 6.07) is 8.51. The maximum atomic E-state index is 3.55. The van der Waals surface area contributed by atoms with E-state index in [9.17, 15) is 0 Å². The third-order valence-corrected chi connectivity index (χ3v) is 3.66. The second-order valence-corrected chi connectivity index (χ2v) is 4.89. The van der Waals surface area contributed by atoms with Gasteiger partial charge >= 0.3 is 0 Å². The van der Waals surface area contributed by atoms with Crippen molar-refractivity contribution in [3.63, 3.8) is 0 Å². The zero-order valence-electron chi connectivity index (χ0n) is 10.1. The van der Waals surface area contributed by atoms with E-state index in [2.05, 4.69) is 64.8 Å². The molecule has 2 aliphatic rings. The minimum absolute atomic E-state index is 1.00. The number of aromatic nitrogens is 1. The van der Waals surface area contributed by atoms with Gasteiger partial charge in [-0.1, -0.05) is 24.3 Å². The zero-order chi connectivity index (χ0) is 11.9. The van der Waals surface area contributed by atoms with Crippen molar-refractivity contribution in [2.24, 2.45) is 0 Å². The van der Waals surface area contributed by atoms with E-state index in [-0.39, 0.29) is 0 Å². The summed E-state index contributed by atoms with van der Waals surface area (Å²) in [5.74, 6) is 0. The molecule has 0 fully saturated rings. The molecule has 0 atom stereocenters. The Morgan fingerprint density at radius 2 is 2.06 bits per heavy atom. The van der Waals surface area contributed by atoms with Gasteiger partial charge in [0.25, 0.3) is 0 Å². The number of rotatable bonds is 0. The van der Waals surface area contributed by atoms with E-state index in [4.69, 9.17) is 0 Å². The second-order valence-electron chi connectivity index (χ2n) is 4.89. The lowest BCUT2D eigenvalue weighted by Gasteiger charge is -2.23. The first-order valence-corrected chi connectivity index (χ1v) is 6.30. The molecular weight excluding hydrogens is 220 g/mol. The monoisotopic (exact) mass is 234 g/mol. The van der Waals surface area contributed by atoms with Gasteiger partial charge < -0.3 is 9.88 Å². The van der Waals surface area contributed by atoms with Crippen LogP contribution in [0.3, 0.4) is 0 Å². The van der Waals surface area contributed by atoms with Gasteiger partial charge in [-0.25, -0.2) is 0 Å². The zero-order valence-corrected chi connectivity index (χ0v) is 10.1. The molecule has 2 heteroatoms. The Bertz CT molecular complexity index is 701. The van der Waals surface area contributed by atoms with Crippen LogP contribution in [0.15, 0.2) is 54.4 Å². The molecule has 2 nitrogen and oxygen atoms in total. The first-order valence-electron chi connectivity index (χ1n) is 6.30. The molecule has 88 valence electrons. The number of allylic oxidation sites excluding steroid dienone is 2. The average Bonchev–Trinajstić information content (AvgIpc) is 2.72. The van der Waals surface area contributed by atoms with E-state index in [0.29, 0.717) is 0 Å². The van der Waals surface area contributed by atoms with Gasteiger partial charge in [0, 0.05) is 47.5 Å². The van der Waals surface area contributed by atoms with E-state index >= 15 is 0 Å². The molecule has 1 aromatic heterocycles. The molecule has 0 aliphatic carbocycles. The van der Waals surface area contributed by atoms with Crippen molar-refractivity contribution in [1.29, 1.82) is 0 Å². The van der Waals surface area contributed by atoms with E-state index in [0.717, 1.165) is 13.0 Å². The summed E-state index contributed by atoms with van der Waals surface area (Å²) in [7, 11) is 0. The first-order chi connectivity index (χ1) is 8.90. The minimum atomic E-state index is 1.00. The summed E-state index contributed by atoms with van der Waals surface area (Å²) >= 11 is 0. The third-order valence-electron chi connectivity index (χ3n) is 3.66. The van der Waals surface area contributed by atoms with Gasteiger partial charge in [0.2, 0.25) is 0 Å². The molecule has 1 N–H and O–H groups in total. The molecule has 0 radical (unpaired) electrons. The smallest absolute Gasteiger partial charge is 0.0462 e. The molecule has 0 saturated heterocycles. The third kappa shape index (κ3) is 1.42. The summed E-state index contributed by atoms with van der Waals surface area (Å²) in [6.07, 6.45) is 11.9. The van der Waals surface area contributed by atoms with Crippen LogP contribution < -0.4 is 0 Å². The van der Waals surface area contributed by atoms with Crippen LogP contribution in [-0.4, -0.2) is 16.4 Å². The summed E-state index contributed by atoms with van der Waals surface area (Å²) in [5.41, 5.74) is 5.34. The summed E-state index contributed by atoms with van der Waals surface area (Å²) < 4.78 is 0. The lowest BCUT2D eigenvalue weighted by Crippen LogP contribution is -2.18. The predicted molar refractivity (Wildman–Crippen MR) is 75.0 cm³/mol. The molecule has 2 aromatic rings. The van der Waals surface area contributed by atoms with E-state index < -0.39 is 0 Å². The van der Waals surface area contributed by atoms with Gasteiger partial charge in [-0.2, -0.15) is 0 Å². The van der Waals surface area contributed by atoms with Crippen molar-refractivity contribution in [3.05, 3.63) is 65.6 Å². The SMILES string of the molecule is C1=CN2C=Cc3c([nH]c4ccccc34)CC(=C1)C2. The van der Waals surface area contributed by atoms with Crippen molar-refractivity contribution in [2.75, 3.05) is 6.54 Å². The van der Waals surface area contributed by atoms with Crippen LogP contribution >= 0.6 is 0 Å². The van der Waals surface area contributed by atoms with Crippen molar-refractivity contribution in [2.45, 2.75) is 6.42 Å². The van der Waals surface area contributed by atoms with Gasteiger partial charge in [0.15, 0.2) is 0 Å². The van der Waals surface area contributed by atoms with Gasteiger partial charge in [0.05, 0.1) is 0 Å². The molecule has 0 saturated carbocycles. The van der Waals surface area contributed by atoms with Gasteiger partial charge in [-0.05, 0) is 23.8 Å². The van der Waals surface area contributed by atoms with Crippen LogP contribution in [0.2, 0.25) is 0 Å². The van der Waals surface area contributed by atoms with Crippen LogP contribution in [0.4, 0.5) is 0 Å². The van der Waals surface area contributed by atoms with Crippen LogP contribution in [0.25, 0.3) is 17.0 Å². The molecular formula is C16H14N2. The van der Waals surface area contributed by atoms with Crippen LogP contribution in [0.1, 0.15) is 11.3 Å².